The first-order valence-corrected chi connectivity index (χ1v) is 7.03. The number of ether oxygens (including phenoxy) is 1. The van der Waals surface area contributed by atoms with Gasteiger partial charge in [-0.05, 0) is 35.0 Å². The molecule has 0 spiro atoms. The Hall–Kier alpha value is -2.33. The second kappa shape index (κ2) is 4.98. The molecule has 0 bridgehead atoms. The molecule has 0 atom stereocenters. The first kappa shape index (κ1) is 12.7. The molecule has 3 nitrogen and oxygen atoms in total. The zero-order valence-corrected chi connectivity index (χ0v) is 11.7. The fourth-order valence-electron chi connectivity index (χ4n) is 2.19. The normalized spacial score (nSPS) is 10.7. The minimum absolute atomic E-state index is 0.0572. The number of thiophene rings is 1. The van der Waals surface area contributed by atoms with Crippen LogP contribution in [0.3, 0.4) is 0 Å². The second-order valence-corrected chi connectivity index (χ2v) is 5.34. The quantitative estimate of drug-likeness (QED) is 0.588. The van der Waals surface area contributed by atoms with Gasteiger partial charge in [0.1, 0.15) is 5.75 Å². The molecule has 2 N–H and O–H groups in total. The van der Waals surface area contributed by atoms with Crippen LogP contribution < -0.4 is 10.5 Å². The SMILES string of the molecule is COc1ccc(C(=O)c2cccc3ccsc23)c(N)c1. The maximum Gasteiger partial charge on any atom is 0.196 e. The van der Waals surface area contributed by atoms with Gasteiger partial charge in [0.25, 0.3) is 0 Å². The van der Waals surface area contributed by atoms with Gasteiger partial charge in [-0.15, -0.1) is 11.3 Å². The van der Waals surface area contributed by atoms with E-state index in [4.69, 9.17) is 10.5 Å². The van der Waals surface area contributed by atoms with Crippen LogP contribution in [0.1, 0.15) is 15.9 Å². The van der Waals surface area contributed by atoms with Gasteiger partial charge in [-0.2, -0.15) is 0 Å². The minimum atomic E-state index is -0.0572. The number of carbonyl (C=O) groups is 1. The average Bonchev–Trinajstić information content (AvgIpc) is 2.94. The van der Waals surface area contributed by atoms with E-state index in [0.717, 1.165) is 10.1 Å². The Morgan fingerprint density at radius 3 is 2.75 bits per heavy atom. The van der Waals surface area contributed by atoms with Crippen molar-refractivity contribution in [3.63, 3.8) is 0 Å². The van der Waals surface area contributed by atoms with Crippen LogP contribution in [0.5, 0.6) is 5.75 Å². The Labute approximate surface area is 120 Å². The third kappa shape index (κ3) is 2.04. The number of ketones is 1. The predicted octanol–water partition coefficient (Wildman–Crippen LogP) is 3.72. The van der Waals surface area contributed by atoms with Crippen LogP contribution in [-0.4, -0.2) is 12.9 Å². The molecule has 0 unspecified atom stereocenters. The van der Waals surface area contributed by atoms with E-state index < -0.39 is 0 Å². The molecule has 3 rings (SSSR count). The molecule has 3 aromatic rings. The monoisotopic (exact) mass is 283 g/mol. The molecular formula is C16H13NO2S. The number of methoxy groups -OCH3 is 1. The first-order valence-electron chi connectivity index (χ1n) is 6.15. The van der Waals surface area contributed by atoms with E-state index >= 15 is 0 Å². The van der Waals surface area contributed by atoms with Crippen LogP contribution in [0.4, 0.5) is 5.69 Å². The molecule has 0 aliphatic carbocycles. The highest BCUT2D eigenvalue weighted by atomic mass is 32.1. The molecule has 100 valence electrons. The molecule has 0 saturated heterocycles. The maximum atomic E-state index is 12.7. The summed E-state index contributed by atoms with van der Waals surface area (Å²) in [7, 11) is 1.57. The zero-order chi connectivity index (χ0) is 14.1. The number of rotatable bonds is 3. The zero-order valence-electron chi connectivity index (χ0n) is 10.9. The van der Waals surface area contributed by atoms with Crippen LogP contribution in [0.2, 0.25) is 0 Å². The van der Waals surface area contributed by atoms with E-state index in [0.29, 0.717) is 22.6 Å². The largest absolute Gasteiger partial charge is 0.497 e. The standard InChI is InChI=1S/C16H13NO2S/c1-19-11-5-6-12(14(17)9-11)15(18)13-4-2-3-10-7-8-20-16(10)13/h2-9H,17H2,1H3. The van der Waals surface area contributed by atoms with E-state index in [2.05, 4.69) is 0 Å². The highest BCUT2D eigenvalue weighted by Crippen LogP contribution is 2.29. The minimum Gasteiger partial charge on any atom is -0.497 e. The molecular weight excluding hydrogens is 270 g/mol. The number of nitrogens with two attached hydrogens (primary N) is 1. The lowest BCUT2D eigenvalue weighted by Crippen LogP contribution is -2.05. The number of fused-ring (bicyclic) bond motifs is 1. The number of hydrogen-bond acceptors (Lipinski definition) is 4. The van der Waals surface area contributed by atoms with Crippen molar-refractivity contribution in [3.05, 3.63) is 59.0 Å². The van der Waals surface area contributed by atoms with E-state index in [9.17, 15) is 4.79 Å². The van der Waals surface area contributed by atoms with Gasteiger partial charge >= 0.3 is 0 Å². The molecule has 4 heteroatoms. The van der Waals surface area contributed by atoms with Crippen LogP contribution in [0.25, 0.3) is 10.1 Å². The molecule has 0 saturated carbocycles. The van der Waals surface area contributed by atoms with Crippen molar-refractivity contribution in [1.29, 1.82) is 0 Å². The Morgan fingerprint density at radius 1 is 1.15 bits per heavy atom. The Kier molecular flexibility index (Phi) is 3.16. The maximum absolute atomic E-state index is 12.7. The fourth-order valence-corrected chi connectivity index (χ4v) is 3.10. The smallest absolute Gasteiger partial charge is 0.196 e. The summed E-state index contributed by atoms with van der Waals surface area (Å²) in [6.45, 7) is 0. The van der Waals surface area contributed by atoms with Crippen molar-refractivity contribution in [2.24, 2.45) is 0 Å². The summed E-state index contributed by atoms with van der Waals surface area (Å²) in [5, 5.41) is 3.06. The van der Waals surface area contributed by atoms with Gasteiger partial charge in [0.2, 0.25) is 0 Å². The summed E-state index contributed by atoms with van der Waals surface area (Å²) in [5.41, 5.74) is 7.59. The van der Waals surface area contributed by atoms with Gasteiger partial charge in [0.05, 0.1) is 7.11 Å². The number of benzene rings is 2. The average molecular weight is 283 g/mol. The molecule has 0 amide bonds. The lowest BCUT2D eigenvalue weighted by Gasteiger charge is -2.08. The molecule has 0 fully saturated rings. The molecule has 2 aromatic carbocycles. The van der Waals surface area contributed by atoms with Crippen molar-refractivity contribution in [2.75, 3.05) is 12.8 Å². The Morgan fingerprint density at radius 2 is 2.00 bits per heavy atom. The summed E-state index contributed by atoms with van der Waals surface area (Å²) < 4.78 is 6.10. The number of nitrogen functional groups attached to an aromatic ring is 1. The van der Waals surface area contributed by atoms with Gasteiger partial charge in [0.15, 0.2) is 5.78 Å². The van der Waals surface area contributed by atoms with E-state index in [1.807, 2.05) is 29.6 Å². The molecule has 1 heterocycles. The molecule has 20 heavy (non-hydrogen) atoms. The molecule has 0 aliphatic rings. The van der Waals surface area contributed by atoms with Gasteiger partial charge in [-0.25, -0.2) is 0 Å². The van der Waals surface area contributed by atoms with Crippen LogP contribution in [-0.2, 0) is 0 Å². The first-order chi connectivity index (χ1) is 9.70. The lowest BCUT2D eigenvalue weighted by atomic mass is 10.0. The van der Waals surface area contributed by atoms with Gasteiger partial charge in [0, 0.05) is 27.6 Å². The van der Waals surface area contributed by atoms with Crippen molar-refractivity contribution in [2.45, 2.75) is 0 Å². The number of hydrogen-bond donors (Lipinski definition) is 1. The molecule has 0 aliphatic heterocycles. The van der Waals surface area contributed by atoms with Crippen LogP contribution >= 0.6 is 11.3 Å². The van der Waals surface area contributed by atoms with E-state index in [1.54, 1.807) is 36.6 Å². The Bertz CT molecular complexity index is 792. The molecule has 0 radical (unpaired) electrons. The highest BCUT2D eigenvalue weighted by molar-refractivity contribution is 7.17. The van der Waals surface area contributed by atoms with Crippen molar-refractivity contribution in [3.8, 4) is 5.75 Å². The van der Waals surface area contributed by atoms with Gasteiger partial charge in [-0.1, -0.05) is 12.1 Å². The highest BCUT2D eigenvalue weighted by Gasteiger charge is 2.16. The van der Waals surface area contributed by atoms with Crippen molar-refractivity contribution in [1.82, 2.24) is 0 Å². The Balaban J connectivity index is 2.11. The third-order valence-corrected chi connectivity index (χ3v) is 4.19. The number of carbonyl (C=O) groups excluding carboxylic acids is 1. The van der Waals surface area contributed by atoms with Crippen LogP contribution in [0, 0.1) is 0 Å². The van der Waals surface area contributed by atoms with Gasteiger partial charge in [-0.3, -0.25) is 4.79 Å². The van der Waals surface area contributed by atoms with Crippen molar-refractivity contribution >= 4 is 32.9 Å². The van der Waals surface area contributed by atoms with E-state index in [-0.39, 0.29) is 5.78 Å². The summed E-state index contributed by atoms with van der Waals surface area (Å²) in [6, 6.07) is 12.9. The van der Waals surface area contributed by atoms with E-state index in [1.165, 1.54) is 0 Å². The second-order valence-electron chi connectivity index (χ2n) is 4.43. The van der Waals surface area contributed by atoms with Gasteiger partial charge < -0.3 is 10.5 Å². The predicted molar refractivity (Wildman–Crippen MR) is 82.7 cm³/mol. The molecule has 1 aromatic heterocycles. The lowest BCUT2D eigenvalue weighted by molar-refractivity contribution is 0.104. The fraction of sp³-hybridized carbons (Fsp3) is 0.0625. The third-order valence-electron chi connectivity index (χ3n) is 3.23. The summed E-state index contributed by atoms with van der Waals surface area (Å²) in [4.78, 5) is 12.7. The summed E-state index contributed by atoms with van der Waals surface area (Å²) in [6.07, 6.45) is 0. The van der Waals surface area contributed by atoms with Crippen LogP contribution in [0.15, 0.2) is 47.8 Å². The van der Waals surface area contributed by atoms with Crippen molar-refractivity contribution < 1.29 is 9.53 Å². The summed E-state index contributed by atoms with van der Waals surface area (Å²) >= 11 is 1.56. The topological polar surface area (TPSA) is 52.3 Å². The number of anilines is 1. The summed E-state index contributed by atoms with van der Waals surface area (Å²) in [5.74, 6) is 0.589.